The molecule has 3 aromatic rings. The number of aromatic nitrogens is 2. The molecule has 0 aliphatic carbocycles. The molecule has 0 bridgehead atoms. The Morgan fingerprint density at radius 2 is 1.85 bits per heavy atom. The van der Waals surface area contributed by atoms with Crippen LogP contribution >= 0.6 is 0 Å². The van der Waals surface area contributed by atoms with E-state index in [1.54, 1.807) is 14.2 Å². The first-order valence-corrected chi connectivity index (χ1v) is 8.66. The van der Waals surface area contributed by atoms with Gasteiger partial charge in [0.15, 0.2) is 0 Å². The number of rotatable bonds is 6. The van der Waals surface area contributed by atoms with Gasteiger partial charge in [-0.05, 0) is 44.2 Å². The molecule has 2 aromatic carbocycles. The Balaban J connectivity index is 1.83. The molecule has 2 N–H and O–H groups in total. The molecule has 140 valence electrons. The summed E-state index contributed by atoms with van der Waals surface area (Å²) in [5, 5.41) is 9.99. The highest BCUT2D eigenvalue weighted by Gasteiger charge is 2.19. The number of ether oxygens (including phenoxy) is 2. The first-order chi connectivity index (χ1) is 13.0. The van der Waals surface area contributed by atoms with Gasteiger partial charge in [0.1, 0.15) is 11.5 Å². The molecule has 1 amide bonds. The van der Waals surface area contributed by atoms with Crippen molar-refractivity contribution in [1.29, 1.82) is 0 Å². The van der Waals surface area contributed by atoms with E-state index in [0.29, 0.717) is 11.3 Å². The monoisotopic (exact) mass is 365 g/mol. The van der Waals surface area contributed by atoms with E-state index in [2.05, 4.69) is 15.5 Å². The number of aromatic amines is 1. The van der Waals surface area contributed by atoms with Crippen LogP contribution < -0.4 is 14.8 Å². The van der Waals surface area contributed by atoms with Crippen molar-refractivity contribution in [3.8, 4) is 22.8 Å². The standard InChI is InChI=1S/C21H23N3O3/c1-13-5-10-19(27-4)17(11-13)14(2)23-21(25)18-12-22-24-20(18)15-6-8-16(26-3)9-7-15/h5-12,14H,1-4H3,(H,22,24)(H,23,25). The molecule has 0 radical (unpaired) electrons. The second-order valence-electron chi connectivity index (χ2n) is 6.33. The van der Waals surface area contributed by atoms with Gasteiger partial charge in [0, 0.05) is 11.1 Å². The van der Waals surface area contributed by atoms with Crippen LogP contribution in [0.5, 0.6) is 11.5 Å². The van der Waals surface area contributed by atoms with E-state index >= 15 is 0 Å². The van der Waals surface area contributed by atoms with E-state index in [1.807, 2.05) is 56.3 Å². The summed E-state index contributed by atoms with van der Waals surface area (Å²) in [7, 11) is 3.24. The van der Waals surface area contributed by atoms with Crippen LogP contribution in [0.25, 0.3) is 11.3 Å². The Labute approximate surface area is 158 Å². The summed E-state index contributed by atoms with van der Waals surface area (Å²) in [5.74, 6) is 1.30. The lowest BCUT2D eigenvalue weighted by molar-refractivity contribution is 0.0940. The van der Waals surface area contributed by atoms with Gasteiger partial charge in [-0.25, -0.2) is 0 Å². The number of H-pyrrole nitrogens is 1. The van der Waals surface area contributed by atoms with Crippen LogP contribution in [0.2, 0.25) is 0 Å². The second kappa shape index (κ2) is 7.95. The SMILES string of the molecule is COc1ccc(-c2[nH]ncc2C(=O)NC(C)c2cc(C)ccc2OC)cc1. The van der Waals surface area contributed by atoms with E-state index in [4.69, 9.17) is 9.47 Å². The highest BCUT2D eigenvalue weighted by atomic mass is 16.5. The predicted octanol–water partition coefficient (Wildman–Crippen LogP) is 3.89. The maximum absolute atomic E-state index is 12.9. The summed E-state index contributed by atoms with van der Waals surface area (Å²) in [6, 6.07) is 13.2. The molecule has 0 saturated carbocycles. The number of aryl methyl sites for hydroxylation is 1. The third kappa shape index (κ3) is 3.95. The zero-order valence-electron chi connectivity index (χ0n) is 15.9. The summed E-state index contributed by atoms with van der Waals surface area (Å²) in [6.45, 7) is 3.94. The van der Waals surface area contributed by atoms with Crippen LogP contribution in [0.1, 0.15) is 34.5 Å². The van der Waals surface area contributed by atoms with Crippen LogP contribution in [0, 0.1) is 6.92 Å². The lowest BCUT2D eigenvalue weighted by Crippen LogP contribution is -2.27. The quantitative estimate of drug-likeness (QED) is 0.695. The summed E-state index contributed by atoms with van der Waals surface area (Å²) in [6.07, 6.45) is 1.54. The van der Waals surface area contributed by atoms with Gasteiger partial charge < -0.3 is 14.8 Å². The molecular formula is C21H23N3O3. The molecule has 0 saturated heterocycles. The average molecular weight is 365 g/mol. The molecule has 6 heteroatoms. The van der Waals surface area contributed by atoms with E-state index in [-0.39, 0.29) is 11.9 Å². The van der Waals surface area contributed by atoms with Crippen LogP contribution in [-0.2, 0) is 0 Å². The molecule has 0 aliphatic heterocycles. The minimum atomic E-state index is -0.217. The summed E-state index contributed by atoms with van der Waals surface area (Å²) < 4.78 is 10.6. The molecule has 1 unspecified atom stereocenters. The third-order valence-corrected chi connectivity index (χ3v) is 4.46. The molecule has 27 heavy (non-hydrogen) atoms. The van der Waals surface area contributed by atoms with Gasteiger partial charge in [-0.3, -0.25) is 9.89 Å². The van der Waals surface area contributed by atoms with Crippen LogP contribution in [0.4, 0.5) is 0 Å². The van der Waals surface area contributed by atoms with Gasteiger partial charge in [0.25, 0.3) is 5.91 Å². The maximum atomic E-state index is 12.9. The van der Waals surface area contributed by atoms with Crippen molar-refractivity contribution in [3.63, 3.8) is 0 Å². The van der Waals surface area contributed by atoms with Gasteiger partial charge in [-0.15, -0.1) is 0 Å². The van der Waals surface area contributed by atoms with Gasteiger partial charge in [-0.2, -0.15) is 5.10 Å². The molecule has 1 aromatic heterocycles. The van der Waals surface area contributed by atoms with E-state index < -0.39 is 0 Å². The largest absolute Gasteiger partial charge is 0.497 e. The van der Waals surface area contributed by atoms with Gasteiger partial charge >= 0.3 is 0 Å². The highest BCUT2D eigenvalue weighted by Crippen LogP contribution is 2.28. The predicted molar refractivity (Wildman–Crippen MR) is 104 cm³/mol. The van der Waals surface area contributed by atoms with Crippen molar-refractivity contribution < 1.29 is 14.3 Å². The number of carbonyl (C=O) groups excluding carboxylic acids is 1. The van der Waals surface area contributed by atoms with E-state index in [9.17, 15) is 4.79 Å². The van der Waals surface area contributed by atoms with Crippen LogP contribution in [0.3, 0.4) is 0 Å². The third-order valence-electron chi connectivity index (χ3n) is 4.46. The van der Waals surface area contributed by atoms with Crippen molar-refractivity contribution in [3.05, 3.63) is 65.4 Å². The van der Waals surface area contributed by atoms with Crippen molar-refractivity contribution in [1.82, 2.24) is 15.5 Å². The Morgan fingerprint density at radius 3 is 2.52 bits per heavy atom. The number of nitrogens with zero attached hydrogens (tertiary/aromatic N) is 1. The van der Waals surface area contributed by atoms with Crippen molar-refractivity contribution in [2.45, 2.75) is 19.9 Å². The van der Waals surface area contributed by atoms with Crippen molar-refractivity contribution in [2.75, 3.05) is 14.2 Å². The molecule has 0 aliphatic rings. The molecule has 3 rings (SSSR count). The Bertz CT molecular complexity index is 932. The molecule has 1 atom stereocenters. The normalized spacial score (nSPS) is 11.7. The van der Waals surface area contributed by atoms with Gasteiger partial charge in [-0.1, -0.05) is 17.7 Å². The van der Waals surface area contributed by atoms with Crippen LogP contribution in [-0.4, -0.2) is 30.3 Å². The number of hydrogen-bond donors (Lipinski definition) is 2. The van der Waals surface area contributed by atoms with E-state index in [1.165, 1.54) is 6.20 Å². The smallest absolute Gasteiger partial charge is 0.255 e. The second-order valence-corrected chi connectivity index (χ2v) is 6.33. The number of amides is 1. The number of carbonyl (C=O) groups is 1. The minimum Gasteiger partial charge on any atom is -0.497 e. The first-order valence-electron chi connectivity index (χ1n) is 8.66. The first kappa shape index (κ1) is 18.5. The highest BCUT2D eigenvalue weighted by molar-refractivity contribution is 6.00. The molecule has 0 fully saturated rings. The van der Waals surface area contributed by atoms with Crippen molar-refractivity contribution in [2.24, 2.45) is 0 Å². The molecule has 6 nitrogen and oxygen atoms in total. The van der Waals surface area contributed by atoms with Crippen molar-refractivity contribution >= 4 is 5.91 Å². The molecule has 1 heterocycles. The maximum Gasteiger partial charge on any atom is 0.255 e. The summed E-state index contributed by atoms with van der Waals surface area (Å²) in [4.78, 5) is 12.9. The fourth-order valence-corrected chi connectivity index (χ4v) is 2.98. The lowest BCUT2D eigenvalue weighted by atomic mass is 10.0. The molecule has 0 spiro atoms. The van der Waals surface area contributed by atoms with E-state index in [0.717, 1.165) is 28.2 Å². The fraction of sp³-hybridized carbons (Fsp3) is 0.238. The number of benzene rings is 2. The summed E-state index contributed by atoms with van der Waals surface area (Å²) >= 11 is 0. The lowest BCUT2D eigenvalue weighted by Gasteiger charge is -2.18. The number of methoxy groups -OCH3 is 2. The van der Waals surface area contributed by atoms with Crippen LogP contribution in [0.15, 0.2) is 48.7 Å². The number of nitrogens with one attached hydrogen (secondary N) is 2. The van der Waals surface area contributed by atoms with Gasteiger partial charge in [0.05, 0.1) is 37.7 Å². The van der Waals surface area contributed by atoms with Gasteiger partial charge in [0.2, 0.25) is 0 Å². The molecular weight excluding hydrogens is 342 g/mol. The fourth-order valence-electron chi connectivity index (χ4n) is 2.98. The topological polar surface area (TPSA) is 76.2 Å². The Hall–Kier alpha value is -3.28. The minimum absolute atomic E-state index is 0.203. The zero-order chi connectivity index (χ0) is 19.4. The average Bonchev–Trinajstić information content (AvgIpc) is 3.18. The Kier molecular flexibility index (Phi) is 5.45. The zero-order valence-corrected chi connectivity index (χ0v) is 15.9. The number of hydrogen-bond acceptors (Lipinski definition) is 4. The Morgan fingerprint density at radius 1 is 1.11 bits per heavy atom. The summed E-state index contributed by atoms with van der Waals surface area (Å²) in [5.41, 5.74) is 4.05.